The molecule has 6 N–H and O–H groups in total. The van der Waals surface area contributed by atoms with Crippen LogP contribution in [-0.2, 0) is 11.2 Å². The molecule has 2 atom stereocenters. The van der Waals surface area contributed by atoms with E-state index >= 15 is 0 Å². The predicted molar refractivity (Wildman–Crippen MR) is 145 cm³/mol. The van der Waals surface area contributed by atoms with Gasteiger partial charge in [0.2, 0.25) is 5.91 Å². The number of amides is 3. The van der Waals surface area contributed by atoms with Crippen LogP contribution in [-0.4, -0.2) is 50.0 Å². The van der Waals surface area contributed by atoms with E-state index in [1.54, 1.807) is 6.92 Å². The lowest BCUT2D eigenvalue weighted by Crippen LogP contribution is -2.53. The minimum Gasteiger partial charge on any atom is -0.476 e. The molecule has 2 aromatic heterocycles. The number of aromatic amines is 2. The summed E-state index contributed by atoms with van der Waals surface area (Å²) in [5.74, 6) is -0.958. The zero-order valence-corrected chi connectivity index (χ0v) is 22.3. The summed E-state index contributed by atoms with van der Waals surface area (Å²) in [5.41, 5.74) is 2.25. The smallest absolute Gasteiger partial charge is 0.356 e. The summed E-state index contributed by atoms with van der Waals surface area (Å²) in [6, 6.07) is 6.26. The van der Waals surface area contributed by atoms with Crippen molar-refractivity contribution in [2.75, 3.05) is 0 Å². The molecule has 10 heteroatoms. The van der Waals surface area contributed by atoms with E-state index in [0.717, 1.165) is 42.1 Å². The quantitative estimate of drug-likeness (QED) is 0.234. The van der Waals surface area contributed by atoms with Gasteiger partial charge in [-0.1, -0.05) is 51.3 Å². The summed E-state index contributed by atoms with van der Waals surface area (Å²) >= 11 is 0. The Morgan fingerprint density at radius 1 is 1.11 bits per heavy atom. The highest BCUT2D eigenvalue weighted by Gasteiger charge is 2.29. The second-order valence-corrected chi connectivity index (χ2v) is 10.7. The first-order chi connectivity index (χ1) is 18.2. The zero-order valence-electron chi connectivity index (χ0n) is 22.3. The third kappa shape index (κ3) is 6.73. The van der Waals surface area contributed by atoms with Gasteiger partial charge >= 0.3 is 12.0 Å². The van der Waals surface area contributed by atoms with Crippen molar-refractivity contribution >= 4 is 28.8 Å². The number of H-pyrrole nitrogens is 2. The fourth-order valence-electron chi connectivity index (χ4n) is 5.20. The van der Waals surface area contributed by atoms with Crippen molar-refractivity contribution in [3.8, 4) is 0 Å². The summed E-state index contributed by atoms with van der Waals surface area (Å²) in [4.78, 5) is 48.6. The number of carboxylic acid groups (broad SMARTS) is 1. The van der Waals surface area contributed by atoms with Crippen molar-refractivity contribution in [1.29, 1.82) is 0 Å². The Balaban J connectivity index is 1.56. The van der Waals surface area contributed by atoms with Crippen LogP contribution in [0, 0.1) is 12.8 Å². The van der Waals surface area contributed by atoms with Gasteiger partial charge in [-0.05, 0) is 43.7 Å². The molecule has 204 valence electrons. The fraction of sp³-hybridized carbons (Fsp3) is 0.500. The molecule has 10 nitrogen and oxygen atoms in total. The van der Waals surface area contributed by atoms with E-state index in [-0.39, 0.29) is 29.6 Å². The molecule has 3 amide bonds. The van der Waals surface area contributed by atoms with Crippen molar-refractivity contribution in [2.45, 2.75) is 83.8 Å². The van der Waals surface area contributed by atoms with Gasteiger partial charge in [-0.3, -0.25) is 4.79 Å². The number of carbonyl (C=O) groups excluding carboxylic acids is 2. The van der Waals surface area contributed by atoms with Crippen molar-refractivity contribution in [3.05, 3.63) is 53.2 Å². The van der Waals surface area contributed by atoms with E-state index in [0.29, 0.717) is 24.4 Å². The van der Waals surface area contributed by atoms with Crippen LogP contribution >= 0.6 is 0 Å². The first-order valence-electron chi connectivity index (χ1n) is 13.4. The van der Waals surface area contributed by atoms with Crippen molar-refractivity contribution in [2.24, 2.45) is 5.92 Å². The molecule has 4 rings (SSSR count). The molecule has 0 bridgehead atoms. The van der Waals surface area contributed by atoms with Crippen LogP contribution in [0.1, 0.15) is 86.0 Å². The molecule has 1 aromatic carbocycles. The molecule has 1 fully saturated rings. The van der Waals surface area contributed by atoms with Crippen molar-refractivity contribution < 1.29 is 19.5 Å². The SMILES string of the molecule is Cc1[nH]c(C(Cc2c[nH]c3ccccc23)NC(=O)[C@H](CC(C)C)NC(=O)NC2CCCCC2)nc1C(=O)O. The molecule has 1 aliphatic rings. The maximum atomic E-state index is 13.6. The molecule has 0 radical (unpaired) electrons. The highest BCUT2D eigenvalue weighted by atomic mass is 16.4. The van der Waals surface area contributed by atoms with Crippen LogP contribution in [0.5, 0.6) is 0 Å². The lowest BCUT2D eigenvalue weighted by atomic mass is 9.96. The third-order valence-corrected chi connectivity index (χ3v) is 7.12. The number of aromatic nitrogens is 3. The van der Waals surface area contributed by atoms with E-state index < -0.39 is 18.1 Å². The first-order valence-corrected chi connectivity index (χ1v) is 13.4. The molecule has 0 aliphatic heterocycles. The Kier molecular flexibility index (Phi) is 8.70. The number of rotatable bonds is 10. The van der Waals surface area contributed by atoms with Gasteiger partial charge in [0.15, 0.2) is 5.69 Å². The van der Waals surface area contributed by atoms with Crippen LogP contribution in [0.25, 0.3) is 10.9 Å². The molecule has 1 saturated carbocycles. The van der Waals surface area contributed by atoms with Gasteiger partial charge in [-0.2, -0.15) is 0 Å². The minimum absolute atomic E-state index is 0.0816. The van der Waals surface area contributed by atoms with Gasteiger partial charge in [-0.25, -0.2) is 14.6 Å². The number of hydrogen-bond acceptors (Lipinski definition) is 4. The van der Waals surface area contributed by atoms with E-state index in [4.69, 9.17) is 0 Å². The molecule has 38 heavy (non-hydrogen) atoms. The van der Waals surface area contributed by atoms with Crippen molar-refractivity contribution in [3.63, 3.8) is 0 Å². The van der Waals surface area contributed by atoms with Gasteiger partial charge < -0.3 is 31.0 Å². The number of imidazole rings is 1. The topological polar surface area (TPSA) is 152 Å². The number of hydrogen-bond donors (Lipinski definition) is 6. The zero-order chi connectivity index (χ0) is 27.2. The Labute approximate surface area is 222 Å². The number of carbonyl (C=O) groups is 3. The summed E-state index contributed by atoms with van der Waals surface area (Å²) in [6.45, 7) is 5.64. The highest BCUT2D eigenvalue weighted by molar-refractivity contribution is 5.88. The van der Waals surface area contributed by atoms with E-state index in [1.807, 2.05) is 44.3 Å². The number of para-hydroxylation sites is 1. The van der Waals surface area contributed by atoms with Crippen LogP contribution in [0.3, 0.4) is 0 Å². The average molecular weight is 523 g/mol. The van der Waals surface area contributed by atoms with E-state index in [9.17, 15) is 19.5 Å². The monoisotopic (exact) mass is 522 g/mol. The van der Waals surface area contributed by atoms with Gasteiger partial charge in [0, 0.05) is 35.3 Å². The second-order valence-electron chi connectivity index (χ2n) is 10.7. The van der Waals surface area contributed by atoms with Crippen LogP contribution in [0.2, 0.25) is 0 Å². The van der Waals surface area contributed by atoms with E-state index in [1.165, 1.54) is 6.42 Å². The minimum atomic E-state index is -1.14. The lowest BCUT2D eigenvalue weighted by Gasteiger charge is -2.26. The summed E-state index contributed by atoms with van der Waals surface area (Å²) in [5, 5.41) is 19.5. The lowest BCUT2D eigenvalue weighted by molar-refractivity contribution is -0.124. The van der Waals surface area contributed by atoms with Gasteiger partial charge in [0.1, 0.15) is 11.9 Å². The Morgan fingerprint density at radius 2 is 1.84 bits per heavy atom. The molecular formula is C28H38N6O4. The van der Waals surface area contributed by atoms with Gasteiger partial charge in [0.05, 0.1) is 6.04 Å². The summed E-state index contributed by atoms with van der Waals surface area (Å²) in [7, 11) is 0. The number of benzene rings is 1. The third-order valence-electron chi connectivity index (χ3n) is 7.12. The molecule has 1 unspecified atom stereocenters. The molecule has 0 saturated heterocycles. The van der Waals surface area contributed by atoms with Gasteiger partial charge in [-0.15, -0.1) is 0 Å². The second kappa shape index (κ2) is 12.1. The average Bonchev–Trinajstić information content (AvgIpc) is 3.47. The Bertz CT molecular complexity index is 1270. The molecule has 3 aromatic rings. The number of fused-ring (bicyclic) bond motifs is 1. The molecular weight excluding hydrogens is 484 g/mol. The van der Waals surface area contributed by atoms with Crippen molar-refractivity contribution in [1.82, 2.24) is 30.9 Å². The van der Waals surface area contributed by atoms with E-state index in [2.05, 4.69) is 30.9 Å². The molecule has 0 spiro atoms. The fourth-order valence-corrected chi connectivity index (χ4v) is 5.20. The number of nitrogens with zero attached hydrogens (tertiary/aromatic N) is 1. The number of aromatic carboxylic acids is 1. The summed E-state index contributed by atoms with van der Waals surface area (Å²) < 4.78 is 0. The number of carboxylic acids is 1. The van der Waals surface area contributed by atoms with Crippen LogP contribution < -0.4 is 16.0 Å². The number of urea groups is 1. The standard InChI is InChI=1S/C28H38N6O4/c1-16(2)13-23(33-28(38)31-19-9-5-4-6-10-19)26(35)32-22(25-30-17(3)24(34-25)27(36)37)14-18-15-29-21-12-8-7-11-20(18)21/h7-8,11-12,15-16,19,22-23,29H,4-6,9-10,13-14H2,1-3H3,(H,30,34)(H,32,35)(H,36,37)(H2,31,33,38)/t22?,23-/m0/s1. The van der Waals surface area contributed by atoms with Crippen LogP contribution in [0.4, 0.5) is 4.79 Å². The number of aryl methyl sites for hydroxylation is 1. The Hall–Kier alpha value is -3.82. The largest absolute Gasteiger partial charge is 0.476 e. The maximum absolute atomic E-state index is 13.6. The first kappa shape index (κ1) is 27.2. The number of nitrogens with one attached hydrogen (secondary N) is 5. The maximum Gasteiger partial charge on any atom is 0.356 e. The van der Waals surface area contributed by atoms with Crippen LogP contribution in [0.15, 0.2) is 30.5 Å². The Morgan fingerprint density at radius 3 is 2.53 bits per heavy atom. The van der Waals surface area contributed by atoms with Gasteiger partial charge in [0.25, 0.3) is 0 Å². The normalized spacial score (nSPS) is 15.8. The highest BCUT2D eigenvalue weighted by Crippen LogP contribution is 2.25. The molecule has 1 aliphatic carbocycles. The molecule has 2 heterocycles. The summed E-state index contributed by atoms with van der Waals surface area (Å²) in [6.07, 6.45) is 8.00. The predicted octanol–water partition coefficient (Wildman–Crippen LogP) is 4.34.